The van der Waals surface area contributed by atoms with Gasteiger partial charge in [0, 0.05) is 28.8 Å². The molecule has 0 N–H and O–H groups in total. The molecule has 1 heterocycles. The third kappa shape index (κ3) is 5.04. The van der Waals surface area contributed by atoms with Crippen molar-refractivity contribution in [2.24, 2.45) is 0 Å². The summed E-state index contributed by atoms with van der Waals surface area (Å²) in [7, 11) is 0. The van der Waals surface area contributed by atoms with Gasteiger partial charge in [0.25, 0.3) is 0 Å². The van der Waals surface area contributed by atoms with E-state index in [2.05, 4.69) is 39.0 Å². The Labute approximate surface area is 116 Å². The maximum absolute atomic E-state index is 11.2. The standard InChI is InChI=1S/C13H19BrN2O2/c1-10(2)13(17)18-7-4-12(14)8-11(3)16-6-5-15-9-16/h5-6,9,11-12H,1,4,7-8H2,2-3H3. The molecule has 2 atom stereocenters. The molecule has 18 heavy (non-hydrogen) atoms. The zero-order chi connectivity index (χ0) is 13.5. The Morgan fingerprint density at radius 3 is 2.89 bits per heavy atom. The summed E-state index contributed by atoms with van der Waals surface area (Å²) in [5.41, 5.74) is 0.438. The van der Waals surface area contributed by atoms with Gasteiger partial charge in [-0.2, -0.15) is 0 Å². The lowest BCUT2D eigenvalue weighted by Crippen LogP contribution is -2.13. The average Bonchev–Trinajstić information content (AvgIpc) is 2.81. The van der Waals surface area contributed by atoms with E-state index >= 15 is 0 Å². The summed E-state index contributed by atoms with van der Waals surface area (Å²) in [5, 5.41) is 0. The third-order valence-corrected chi connectivity index (χ3v) is 3.48. The first-order valence-electron chi connectivity index (χ1n) is 5.95. The van der Waals surface area contributed by atoms with Gasteiger partial charge in [-0.15, -0.1) is 0 Å². The van der Waals surface area contributed by atoms with Crippen LogP contribution in [0, 0.1) is 0 Å². The third-order valence-electron chi connectivity index (χ3n) is 2.64. The molecule has 0 spiro atoms. The highest BCUT2D eigenvalue weighted by Crippen LogP contribution is 2.20. The predicted octanol–water partition coefficient (Wildman–Crippen LogP) is 3.11. The van der Waals surface area contributed by atoms with Gasteiger partial charge in [-0.3, -0.25) is 0 Å². The van der Waals surface area contributed by atoms with E-state index in [4.69, 9.17) is 4.74 Å². The van der Waals surface area contributed by atoms with Crippen LogP contribution in [0.2, 0.25) is 0 Å². The first-order valence-corrected chi connectivity index (χ1v) is 6.86. The lowest BCUT2D eigenvalue weighted by Gasteiger charge is -2.17. The van der Waals surface area contributed by atoms with Crippen LogP contribution in [0.15, 0.2) is 30.9 Å². The summed E-state index contributed by atoms with van der Waals surface area (Å²) in [6, 6.07) is 0.369. The van der Waals surface area contributed by atoms with Crippen LogP contribution < -0.4 is 0 Å². The van der Waals surface area contributed by atoms with Crippen molar-refractivity contribution in [3.8, 4) is 0 Å². The number of nitrogens with zero attached hydrogens (tertiary/aromatic N) is 2. The quantitative estimate of drug-likeness (QED) is 0.441. The molecular formula is C13H19BrN2O2. The molecule has 0 saturated carbocycles. The van der Waals surface area contributed by atoms with Gasteiger partial charge in [-0.1, -0.05) is 22.5 Å². The number of hydrogen-bond donors (Lipinski definition) is 0. The van der Waals surface area contributed by atoms with Crippen LogP contribution >= 0.6 is 15.9 Å². The molecular weight excluding hydrogens is 296 g/mol. The summed E-state index contributed by atoms with van der Waals surface area (Å²) >= 11 is 3.60. The second-order valence-corrected chi connectivity index (χ2v) is 5.69. The van der Waals surface area contributed by atoms with Gasteiger partial charge >= 0.3 is 5.97 Å². The molecule has 0 fully saturated rings. The zero-order valence-corrected chi connectivity index (χ0v) is 12.4. The summed E-state index contributed by atoms with van der Waals surface area (Å²) in [6.45, 7) is 7.74. The van der Waals surface area contributed by atoms with Crippen LogP contribution in [0.25, 0.3) is 0 Å². The van der Waals surface area contributed by atoms with Crippen LogP contribution in [-0.2, 0) is 9.53 Å². The smallest absolute Gasteiger partial charge is 0.333 e. The first kappa shape index (κ1) is 15.0. The molecule has 0 aliphatic carbocycles. The van der Waals surface area contributed by atoms with Crippen LogP contribution in [0.5, 0.6) is 0 Å². The Bertz CT molecular complexity index is 390. The van der Waals surface area contributed by atoms with Crippen molar-refractivity contribution in [2.75, 3.05) is 6.61 Å². The Hall–Kier alpha value is -1.10. The molecule has 0 radical (unpaired) electrons. The lowest BCUT2D eigenvalue weighted by atomic mass is 10.1. The number of halogens is 1. The van der Waals surface area contributed by atoms with Crippen molar-refractivity contribution in [3.05, 3.63) is 30.9 Å². The van der Waals surface area contributed by atoms with Crippen LogP contribution in [0.4, 0.5) is 0 Å². The van der Waals surface area contributed by atoms with Crippen molar-refractivity contribution < 1.29 is 9.53 Å². The number of rotatable bonds is 7. The number of alkyl halides is 1. The average molecular weight is 315 g/mol. The van der Waals surface area contributed by atoms with Gasteiger partial charge in [0.15, 0.2) is 0 Å². The number of aromatic nitrogens is 2. The number of imidazole rings is 1. The van der Waals surface area contributed by atoms with E-state index < -0.39 is 0 Å². The van der Waals surface area contributed by atoms with Crippen molar-refractivity contribution in [3.63, 3.8) is 0 Å². The molecule has 4 nitrogen and oxygen atoms in total. The lowest BCUT2D eigenvalue weighted by molar-refractivity contribution is -0.139. The summed E-state index contributed by atoms with van der Waals surface area (Å²) in [4.78, 5) is 15.5. The maximum atomic E-state index is 11.2. The molecule has 0 aliphatic rings. The molecule has 1 aromatic rings. The van der Waals surface area contributed by atoms with E-state index in [9.17, 15) is 4.79 Å². The molecule has 2 unspecified atom stereocenters. The zero-order valence-electron chi connectivity index (χ0n) is 10.8. The molecule has 5 heteroatoms. The Kier molecular flexibility index (Phi) is 6.12. The van der Waals surface area contributed by atoms with Gasteiger partial charge in [0.05, 0.1) is 12.9 Å². The van der Waals surface area contributed by atoms with Gasteiger partial charge in [0.1, 0.15) is 0 Å². The van der Waals surface area contributed by atoms with E-state index in [0.717, 1.165) is 12.8 Å². The number of ether oxygens (including phenoxy) is 1. The van der Waals surface area contributed by atoms with Crippen molar-refractivity contribution in [1.29, 1.82) is 0 Å². The van der Waals surface area contributed by atoms with E-state index in [1.165, 1.54) is 0 Å². The van der Waals surface area contributed by atoms with Crippen molar-refractivity contribution in [2.45, 2.75) is 37.6 Å². The predicted molar refractivity (Wildman–Crippen MR) is 74.7 cm³/mol. The second kappa shape index (κ2) is 7.36. The van der Waals surface area contributed by atoms with Gasteiger partial charge in [0.2, 0.25) is 0 Å². The molecule has 1 rings (SSSR count). The summed E-state index contributed by atoms with van der Waals surface area (Å²) < 4.78 is 7.12. The minimum atomic E-state index is -0.322. The molecule has 0 bridgehead atoms. The Morgan fingerprint density at radius 1 is 1.61 bits per heavy atom. The largest absolute Gasteiger partial charge is 0.462 e. The van der Waals surface area contributed by atoms with E-state index in [0.29, 0.717) is 23.0 Å². The molecule has 0 amide bonds. The highest BCUT2D eigenvalue weighted by atomic mass is 79.9. The summed E-state index contributed by atoms with van der Waals surface area (Å²) in [5.74, 6) is -0.322. The molecule has 1 aromatic heterocycles. The van der Waals surface area contributed by atoms with Crippen molar-refractivity contribution in [1.82, 2.24) is 9.55 Å². The minimum absolute atomic E-state index is 0.313. The first-order chi connectivity index (χ1) is 8.50. The maximum Gasteiger partial charge on any atom is 0.333 e. The van der Waals surface area contributed by atoms with E-state index in [-0.39, 0.29) is 5.97 Å². The number of carbonyl (C=O) groups excluding carboxylic acids is 1. The Balaban J connectivity index is 2.23. The highest BCUT2D eigenvalue weighted by Gasteiger charge is 2.12. The fourth-order valence-corrected chi connectivity index (χ4v) is 2.27. The van der Waals surface area contributed by atoms with Crippen molar-refractivity contribution >= 4 is 21.9 Å². The van der Waals surface area contributed by atoms with Gasteiger partial charge in [-0.25, -0.2) is 9.78 Å². The monoisotopic (exact) mass is 314 g/mol. The van der Waals surface area contributed by atoms with Gasteiger partial charge in [-0.05, 0) is 26.7 Å². The summed E-state index contributed by atoms with van der Waals surface area (Å²) in [6.07, 6.45) is 7.28. The number of esters is 1. The molecule has 0 aliphatic heterocycles. The normalized spacial score (nSPS) is 13.9. The Morgan fingerprint density at radius 2 is 2.33 bits per heavy atom. The highest BCUT2D eigenvalue weighted by molar-refractivity contribution is 9.09. The molecule has 0 saturated heterocycles. The van der Waals surface area contributed by atoms with Gasteiger partial charge < -0.3 is 9.30 Å². The van der Waals surface area contributed by atoms with E-state index in [1.807, 2.05) is 12.5 Å². The number of hydrogen-bond acceptors (Lipinski definition) is 3. The van der Waals surface area contributed by atoms with Crippen LogP contribution in [0.3, 0.4) is 0 Å². The SMILES string of the molecule is C=C(C)C(=O)OCCC(Br)CC(C)n1ccnc1. The topological polar surface area (TPSA) is 44.1 Å². The molecule has 100 valence electrons. The minimum Gasteiger partial charge on any atom is -0.462 e. The fraction of sp³-hybridized carbons (Fsp3) is 0.538. The number of carbonyl (C=O) groups is 1. The van der Waals surface area contributed by atoms with E-state index in [1.54, 1.807) is 13.1 Å². The van der Waals surface area contributed by atoms with Crippen LogP contribution in [0.1, 0.15) is 32.7 Å². The molecule has 0 aromatic carbocycles. The fourth-order valence-electron chi connectivity index (χ4n) is 1.54. The second-order valence-electron chi connectivity index (χ2n) is 4.40. The van der Waals surface area contributed by atoms with Crippen LogP contribution in [-0.4, -0.2) is 27.0 Å².